The SMILES string of the molecule is CO[C@@H]1C[C@@H](C(=O)NCc2ccncc2)N(C(=O)Cc2cc(C)no2)C1. The van der Waals surface area contributed by atoms with E-state index >= 15 is 0 Å². The number of nitrogens with zero attached hydrogens (tertiary/aromatic N) is 3. The minimum Gasteiger partial charge on any atom is -0.380 e. The van der Waals surface area contributed by atoms with E-state index in [1.54, 1.807) is 37.4 Å². The smallest absolute Gasteiger partial charge is 0.243 e. The lowest BCUT2D eigenvalue weighted by Crippen LogP contribution is -2.46. The monoisotopic (exact) mass is 358 g/mol. The van der Waals surface area contributed by atoms with Gasteiger partial charge in [0.25, 0.3) is 0 Å². The summed E-state index contributed by atoms with van der Waals surface area (Å²) in [5, 5.41) is 6.68. The fourth-order valence-corrected chi connectivity index (χ4v) is 3.05. The van der Waals surface area contributed by atoms with Crippen molar-refractivity contribution in [3.8, 4) is 0 Å². The van der Waals surface area contributed by atoms with Gasteiger partial charge in [-0.15, -0.1) is 0 Å². The Balaban J connectivity index is 1.64. The van der Waals surface area contributed by atoms with E-state index in [0.717, 1.165) is 11.3 Å². The van der Waals surface area contributed by atoms with Gasteiger partial charge in [0.05, 0.1) is 18.2 Å². The van der Waals surface area contributed by atoms with Crippen LogP contribution in [0.15, 0.2) is 35.1 Å². The molecule has 2 aromatic rings. The van der Waals surface area contributed by atoms with Crippen LogP contribution >= 0.6 is 0 Å². The summed E-state index contributed by atoms with van der Waals surface area (Å²) in [5.41, 5.74) is 1.67. The highest BCUT2D eigenvalue weighted by molar-refractivity contribution is 5.89. The van der Waals surface area contributed by atoms with E-state index in [4.69, 9.17) is 9.26 Å². The number of methoxy groups -OCH3 is 1. The lowest BCUT2D eigenvalue weighted by molar-refractivity contribution is -0.138. The van der Waals surface area contributed by atoms with Gasteiger partial charge in [0.2, 0.25) is 11.8 Å². The number of pyridine rings is 1. The van der Waals surface area contributed by atoms with Crippen LogP contribution in [-0.4, -0.2) is 52.7 Å². The number of carbonyl (C=O) groups is 2. The molecule has 0 spiro atoms. The number of hydrogen-bond donors (Lipinski definition) is 1. The molecular formula is C18H22N4O4. The van der Waals surface area contributed by atoms with E-state index in [0.29, 0.717) is 25.3 Å². The zero-order valence-electron chi connectivity index (χ0n) is 14.8. The maximum absolute atomic E-state index is 12.7. The highest BCUT2D eigenvalue weighted by Gasteiger charge is 2.39. The van der Waals surface area contributed by atoms with Crippen LogP contribution in [-0.2, 0) is 27.3 Å². The molecule has 0 unspecified atom stereocenters. The Morgan fingerprint density at radius 1 is 1.38 bits per heavy atom. The van der Waals surface area contributed by atoms with Crippen molar-refractivity contribution in [2.45, 2.75) is 38.5 Å². The fourth-order valence-electron chi connectivity index (χ4n) is 3.05. The molecular weight excluding hydrogens is 336 g/mol. The van der Waals surface area contributed by atoms with Gasteiger partial charge in [0.15, 0.2) is 0 Å². The number of amides is 2. The predicted molar refractivity (Wildman–Crippen MR) is 91.9 cm³/mol. The number of nitrogens with one attached hydrogen (secondary N) is 1. The van der Waals surface area contributed by atoms with Crippen molar-refractivity contribution >= 4 is 11.8 Å². The van der Waals surface area contributed by atoms with E-state index in [1.807, 2.05) is 12.1 Å². The molecule has 0 aliphatic carbocycles. The van der Waals surface area contributed by atoms with Gasteiger partial charge in [0.1, 0.15) is 11.8 Å². The number of ether oxygens (including phenoxy) is 1. The Hall–Kier alpha value is -2.74. The third-order valence-corrected chi connectivity index (χ3v) is 4.44. The van der Waals surface area contributed by atoms with Crippen molar-refractivity contribution in [1.82, 2.24) is 20.4 Å². The second-order valence-electron chi connectivity index (χ2n) is 6.34. The van der Waals surface area contributed by atoms with Crippen LogP contribution in [0, 0.1) is 6.92 Å². The third-order valence-electron chi connectivity index (χ3n) is 4.44. The van der Waals surface area contributed by atoms with Crippen LogP contribution in [0.25, 0.3) is 0 Å². The molecule has 1 aliphatic rings. The van der Waals surface area contributed by atoms with Gasteiger partial charge in [-0.1, -0.05) is 5.16 Å². The maximum Gasteiger partial charge on any atom is 0.243 e. The molecule has 3 rings (SSSR count). The minimum atomic E-state index is -0.557. The second-order valence-corrected chi connectivity index (χ2v) is 6.34. The highest BCUT2D eigenvalue weighted by Crippen LogP contribution is 2.22. The average Bonchev–Trinajstić information content (AvgIpc) is 3.26. The largest absolute Gasteiger partial charge is 0.380 e. The molecule has 2 amide bonds. The van der Waals surface area contributed by atoms with Crippen LogP contribution < -0.4 is 5.32 Å². The molecule has 1 fully saturated rings. The first-order valence-corrected chi connectivity index (χ1v) is 8.48. The van der Waals surface area contributed by atoms with Crippen LogP contribution in [0.2, 0.25) is 0 Å². The second kappa shape index (κ2) is 8.09. The lowest BCUT2D eigenvalue weighted by Gasteiger charge is -2.23. The molecule has 8 heteroatoms. The van der Waals surface area contributed by atoms with E-state index < -0.39 is 6.04 Å². The fraction of sp³-hybridized carbons (Fsp3) is 0.444. The molecule has 138 valence electrons. The molecule has 8 nitrogen and oxygen atoms in total. The van der Waals surface area contributed by atoms with E-state index in [-0.39, 0.29) is 24.3 Å². The van der Waals surface area contributed by atoms with E-state index in [1.165, 1.54) is 0 Å². The Kier molecular flexibility index (Phi) is 5.62. The molecule has 1 N–H and O–H groups in total. The van der Waals surface area contributed by atoms with Crippen molar-refractivity contribution in [3.05, 3.63) is 47.6 Å². The van der Waals surface area contributed by atoms with E-state index in [2.05, 4.69) is 15.5 Å². The first-order valence-electron chi connectivity index (χ1n) is 8.48. The van der Waals surface area contributed by atoms with Crippen molar-refractivity contribution in [2.24, 2.45) is 0 Å². The van der Waals surface area contributed by atoms with Crippen LogP contribution in [0.5, 0.6) is 0 Å². The first-order chi connectivity index (χ1) is 12.6. The molecule has 3 heterocycles. The van der Waals surface area contributed by atoms with Gasteiger partial charge in [-0.3, -0.25) is 14.6 Å². The standard InChI is InChI=1S/C18H22N4O4/c1-12-7-14(26-21-12)9-17(23)22-11-15(25-2)8-16(22)18(24)20-10-13-3-5-19-6-4-13/h3-7,15-16H,8-11H2,1-2H3,(H,20,24)/t15-,16+/m1/s1. The molecule has 0 saturated carbocycles. The molecule has 1 saturated heterocycles. The number of rotatable bonds is 6. The summed E-state index contributed by atoms with van der Waals surface area (Å²) in [6, 6.07) is 4.84. The van der Waals surface area contributed by atoms with Crippen LogP contribution in [0.4, 0.5) is 0 Å². The number of aryl methyl sites for hydroxylation is 1. The van der Waals surface area contributed by atoms with Crippen molar-refractivity contribution < 1.29 is 18.8 Å². The average molecular weight is 358 g/mol. The lowest BCUT2D eigenvalue weighted by atomic mass is 10.1. The summed E-state index contributed by atoms with van der Waals surface area (Å²) in [4.78, 5) is 30.8. The third kappa shape index (κ3) is 4.26. The quantitative estimate of drug-likeness (QED) is 0.822. The number of hydrogen-bond acceptors (Lipinski definition) is 6. The summed E-state index contributed by atoms with van der Waals surface area (Å²) >= 11 is 0. The summed E-state index contributed by atoms with van der Waals surface area (Å²) in [7, 11) is 1.59. The van der Waals surface area contributed by atoms with Gasteiger partial charge in [-0.05, 0) is 24.6 Å². The summed E-state index contributed by atoms with van der Waals surface area (Å²) < 4.78 is 10.5. The molecule has 2 atom stereocenters. The highest BCUT2D eigenvalue weighted by atomic mass is 16.5. The summed E-state index contributed by atoms with van der Waals surface area (Å²) in [6.07, 6.45) is 3.73. The molecule has 0 bridgehead atoms. The van der Waals surface area contributed by atoms with Crippen molar-refractivity contribution in [2.75, 3.05) is 13.7 Å². The number of likely N-dealkylation sites (tertiary alicyclic amines) is 1. The molecule has 0 radical (unpaired) electrons. The van der Waals surface area contributed by atoms with E-state index in [9.17, 15) is 9.59 Å². The van der Waals surface area contributed by atoms with Gasteiger partial charge < -0.3 is 19.5 Å². The minimum absolute atomic E-state index is 0.0748. The molecule has 26 heavy (non-hydrogen) atoms. The molecule has 1 aliphatic heterocycles. The molecule has 0 aromatic carbocycles. The summed E-state index contributed by atoms with van der Waals surface area (Å²) in [6.45, 7) is 2.57. The van der Waals surface area contributed by atoms with Crippen LogP contribution in [0.1, 0.15) is 23.4 Å². The Labute approximate surface area is 151 Å². The Morgan fingerprint density at radius 2 is 2.15 bits per heavy atom. The van der Waals surface area contributed by atoms with Crippen LogP contribution in [0.3, 0.4) is 0 Å². The predicted octanol–water partition coefficient (Wildman–Crippen LogP) is 0.853. The zero-order chi connectivity index (χ0) is 18.5. The van der Waals surface area contributed by atoms with Gasteiger partial charge >= 0.3 is 0 Å². The molecule has 2 aromatic heterocycles. The Morgan fingerprint density at radius 3 is 2.81 bits per heavy atom. The normalized spacial score (nSPS) is 19.5. The Bertz CT molecular complexity index is 762. The van der Waals surface area contributed by atoms with Gasteiger partial charge in [0, 0.05) is 45.1 Å². The topological polar surface area (TPSA) is 97.6 Å². The van der Waals surface area contributed by atoms with Gasteiger partial charge in [-0.25, -0.2) is 0 Å². The maximum atomic E-state index is 12.7. The number of carbonyl (C=O) groups excluding carboxylic acids is 2. The first kappa shape index (κ1) is 18.1. The van der Waals surface area contributed by atoms with Gasteiger partial charge in [-0.2, -0.15) is 0 Å². The van der Waals surface area contributed by atoms with Crippen molar-refractivity contribution in [1.29, 1.82) is 0 Å². The summed E-state index contributed by atoms with van der Waals surface area (Å²) in [5.74, 6) is 0.123. The number of aromatic nitrogens is 2. The van der Waals surface area contributed by atoms with Crippen molar-refractivity contribution in [3.63, 3.8) is 0 Å². The zero-order valence-corrected chi connectivity index (χ0v) is 14.8.